The molecule has 13 heavy (non-hydrogen) atoms. The summed E-state index contributed by atoms with van der Waals surface area (Å²) in [7, 11) is -3.24. The third kappa shape index (κ3) is 2.03. The molecule has 0 radical (unpaired) electrons. The Kier molecular flexibility index (Phi) is 2.71. The molecule has 0 aromatic rings. The molecule has 1 saturated heterocycles. The maximum atomic E-state index is 11.8. The number of aliphatic hydroxyl groups is 1. The lowest BCUT2D eigenvalue weighted by Gasteiger charge is -2.26. The molecule has 0 spiro atoms. The summed E-state index contributed by atoms with van der Waals surface area (Å²) in [4.78, 5) is 0. The lowest BCUT2D eigenvalue weighted by molar-refractivity contribution is 0.189. The molecule has 0 bridgehead atoms. The molecular formula is C8H17NO3S. The predicted molar refractivity (Wildman–Crippen MR) is 50.9 cm³/mol. The van der Waals surface area contributed by atoms with Gasteiger partial charge in [0.1, 0.15) is 0 Å². The summed E-state index contributed by atoms with van der Waals surface area (Å²) in [6.45, 7) is 5.72. The topological polar surface area (TPSA) is 57.6 Å². The summed E-state index contributed by atoms with van der Waals surface area (Å²) in [5.41, 5.74) is 0. The molecule has 1 fully saturated rings. The molecule has 4 nitrogen and oxygen atoms in total. The molecule has 0 aliphatic carbocycles. The molecule has 0 aromatic heterocycles. The summed E-state index contributed by atoms with van der Waals surface area (Å²) in [5.74, 6) is 0. The summed E-state index contributed by atoms with van der Waals surface area (Å²) in [5, 5.41) is 9.22. The van der Waals surface area contributed by atoms with Gasteiger partial charge in [-0.05, 0) is 27.2 Å². The summed E-state index contributed by atoms with van der Waals surface area (Å²) >= 11 is 0. The third-order valence-electron chi connectivity index (χ3n) is 2.24. The zero-order chi connectivity index (χ0) is 10.3. The van der Waals surface area contributed by atoms with Crippen LogP contribution in [0.15, 0.2) is 0 Å². The molecule has 1 atom stereocenters. The van der Waals surface area contributed by atoms with Gasteiger partial charge in [0.05, 0.1) is 10.9 Å². The zero-order valence-electron chi connectivity index (χ0n) is 8.32. The Morgan fingerprint density at radius 3 is 2.23 bits per heavy atom. The largest absolute Gasteiger partial charge is 0.392 e. The Balaban J connectivity index is 2.84. The lowest BCUT2D eigenvalue weighted by atomic mass is 10.3. The SMILES string of the molecule is CC(C)(C)S(=O)(=O)N1CC[C@H](O)C1. The standard InChI is InChI=1S/C8H17NO3S/c1-8(2,3)13(11,12)9-5-4-7(10)6-9/h7,10H,4-6H2,1-3H3/t7-/m0/s1. The fourth-order valence-corrected chi connectivity index (χ4v) is 2.80. The predicted octanol–water partition coefficient (Wildman–Crippen LogP) is 0.181. The molecular weight excluding hydrogens is 190 g/mol. The first kappa shape index (κ1) is 10.9. The minimum absolute atomic E-state index is 0.250. The Morgan fingerprint density at radius 1 is 1.38 bits per heavy atom. The van der Waals surface area contributed by atoms with Crippen LogP contribution in [-0.4, -0.2) is 41.8 Å². The number of nitrogens with zero attached hydrogens (tertiary/aromatic N) is 1. The van der Waals surface area contributed by atoms with Crippen molar-refractivity contribution >= 4 is 10.0 Å². The van der Waals surface area contributed by atoms with Crippen molar-refractivity contribution in [1.29, 1.82) is 0 Å². The van der Waals surface area contributed by atoms with Crippen molar-refractivity contribution in [3.05, 3.63) is 0 Å². The van der Waals surface area contributed by atoms with Crippen LogP contribution >= 0.6 is 0 Å². The van der Waals surface area contributed by atoms with Crippen LogP contribution in [0.1, 0.15) is 27.2 Å². The average Bonchev–Trinajstić information content (AvgIpc) is 2.33. The van der Waals surface area contributed by atoms with Gasteiger partial charge in [-0.1, -0.05) is 0 Å². The highest BCUT2D eigenvalue weighted by Gasteiger charge is 2.38. The van der Waals surface area contributed by atoms with Gasteiger partial charge in [0.2, 0.25) is 10.0 Å². The molecule has 1 N–H and O–H groups in total. The number of hydrogen-bond donors (Lipinski definition) is 1. The molecule has 1 aliphatic heterocycles. The first-order valence-corrected chi connectivity index (χ1v) is 5.87. The van der Waals surface area contributed by atoms with E-state index in [-0.39, 0.29) is 6.54 Å². The van der Waals surface area contributed by atoms with Gasteiger partial charge in [0.15, 0.2) is 0 Å². The maximum absolute atomic E-state index is 11.8. The fraction of sp³-hybridized carbons (Fsp3) is 1.00. The van der Waals surface area contributed by atoms with Crippen molar-refractivity contribution in [2.45, 2.75) is 38.0 Å². The molecule has 1 heterocycles. The monoisotopic (exact) mass is 207 g/mol. The van der Waals surface area contributed by atoms with Crippen LogP contribution < -0.4 is 0 Å². The van der Waals surface area contributed by atoms with E-state index >= 15 is 0 Å². The van der Waals surface area contributed by atoms with E-state index in [1.165, 1.54) is 4.31 Å². The molecule has 0 unspecified atom stereocenters. The van der Waals surface area contributed by atoms with E-state index in [4.69, 9.17) is 0 Å². The Hall–Kier alpha value is -0.130. The minimum Gasteiger partial charge on any atom is -0.392 e. The van der Waals surface area contributed by atoms with Crippen LogP contribution in [0, 0.1) is 0 Å². The second-order valence-corrected chi connectivity index (χ2v) is 7.11. The Bertz CT molecular complexity index is 278. The van der Waals surface area contributed by atoms with Crippen LogP contribution in [0.5, 0.6) is 0 Å². The first-order chi connectivity index (χ1) is 5.75. The van der Waals surface area contributed by atoms with Gasteiger partial charge in [0.25, 0.3) is 0 Å². The van der Waals surface area contributed by atoms with Crippen molar-refractivity contribution in [1.82, 2.24) is 4.31 Å². The highest BCUT2D eigenvalue weighted by atomic mass is 32.2. The molecule has 5 heteroatoms. The van der Waals surface area contributed by atoms with Crippen molar-refractivity contribution in [2.24, 2.45) is 0 Å². The summed E-state index contributed by atoms with van der Waals surface area (Å²) < 4.78 is 24.2. The van der Waals surface area contributed by atoms with Crippen LogP contribution in [0.3, 0.4) is 0 Å². The average molecular weight is 207 g/mol. The van der Waals surface area contributed by atoms with E-state index in [2.05, 4.69) is 0 Å². The number of aliphatic hydroxyl groups excluding tert-OH is 1. The maximum Gasteiger partial charge on any atom is 0.219 e. The molecule has 1 aliphatic rings. The number of sulfonamides is 1. The second-order valence-electron chi connectivity index (χ2n) is 4.42. The normalized spacial score (nSPS) is 26.6. The van der Waals surface area contributed by atoms with E-state index < -0.39 is 20.9 Å². The molecule has 78 valence electrons. The number of rotatable bonds is 1. The number of hydrogen-bond acceptors (Lipinski definition) is 3. The Morgan fingerprint density at radius 2 is 1.92 bits per heavy atom. The van der Waals surface area contributed by atoms with E-state index in [9.17, 15) is 13.5 Å². The summed E-state index contributed by atoms with van der Waals surface area (Å²) in [6.07, 6.45) is 0.0621. The molecule has 0 amide bonds. The second kappa shape index (κ2) is 3.22. The zero-order valence-corrected chi connectivity index (χ0v) is 9.13. The quantitative estimate of drug-likeness (QED) is 0.667. The van der Waals surface area contributed by atoms with Crippen molar-refractivity contribution < 1.29 is 13.5 Å². The Labute approximate surface area is 79.6 Å². The van der Waals surface area contributed by atoms with Crippen molar-refractivity contribution in [2.75, 3.05) is 13.1 Å². The first-order valence-electron chi connectivity index (χ1n) is 4.43. The minimum atomic E-state index is -3.24. The highest BCUT2D eigenvalue weighted by Crippen LogP contribution is 2.24. The van der Waals surface area contributed by atoms with Gasteiger partial charge in [-0.25, -0.2) is 8.42 Å². The van der Waals surface area contributed by atoms with Gasteiger partial charge in [0, 0.05) is 13.1 Å². The third-order valence-corrected chi connectivity index (χ3v) is 4.80. The van der Waals surface area contributed by atoms with Crippen LogP contribution in [0.4, 0.5) is 0 Å². The van der Waals surface area contributed by atoms with Crippen molar-refractivity contribution in [3.63, 3.8) is 0 Å². The van der Waals surface area contributed by atoms with E-state index in [0.29, 0.717) is 13.0 Å². The van der Waals surface area contributed by atoms with Gasteiger partial charge < -0.3 is 5.11 Å². The lowest BCUT2D eigenvalue weighted by Crippen LogP contribution is -2.42. The summed E-state index contributed by atoms with van der Waals surface area (Å²) in [6, 6.07) is 0. The smallest absolute Gasteiger partial charge is 0.219 e. The molecule has 0 aromatic carbocycles. The van der Waals surface area contributed by atoms with E-state index in [1.807, 2.05) is 0 Å². The van der Waals surface area contributed by atoms with E-state index in [1.54, 1.807) is 20.8 Å². The van der Waals surface area contributed by atoms with Gasteiger partial charge in [-0.2, -0.15) is 4.31 Å². The van der Waals surface area contributed by atoms with Gasteiger partial charge in [-0.3, -0.25) is 0 Å². The van der Waals surface area contributed by atoms with Crippen LogP contribution in [0.2, 0.25) is 0 Å². The molecule has 1 rings (SSSR count). The van der Waals surface area contributed by atoms with Crippen LogP contribution in [0.25, 0.3) is 0 Å². The van der Waals surface area contributed by atoms with E-state index in [0.717, 1.165) is 0 Å². The fourth-order valence-electron chi connectivity index (χ4n) is 1.32. The highest BCUT2D eigenvalue weighted by molar-refractivity contribution is 7.90. The van der Waals surface area contributed by atoms with Gasteiger partial charge >= 0.3 is 0 Å². The van der Waals surface area contributed by atoms with Gasteiger partial charge in [-0.15, -0.1) is 0 Å². The van der Waals surface area contributed by atoms with Crippen molar-refractivity contribution in [3.8, 4) is 0 Å². The molecule has 0 saturated carbocycles. The number of β-amino-alcohol motifs (C(OH)–C–C–N with tert-alkyl or cyclic N) is 1. The van der Waals surface area contributed by atoms with Crippen LogP contribution in [-0.2, 0) is 10.0 Å².